The van der Waals surface area contributed by atoms with Crippen LogP contribution in [-0.2, 0) is 6.54 Å². The first-order valence-electron chi connectivity index (χ1n) is 7.59. The molecule has 0 saturated heterocycles. The molecule has 1 aromatic rings. The van der Waals surface area contributed by atoms with E-state index in [0.29, 0.717) is 6.04 Å². The number of hydrogen-bond acceptors (Lipinski definition) is 3. The Morgan fingerprint density at radius 2 is 2.26 bits per heavy atom. The third-order valence-electron chi connectivity index (χ3n) is 4.21. The van der Waals surface area contributed by atoms with Gasteiger partial charge in [-0.15, -0.1) is 0 Å². The molecule has 3 heteroatoms. The Kier molecular flexibility index (Phi) is 5.20. The van der Waals surface area contributed by atoms with Crippen LogP contribution in [0.4, 0.5) is 5.82 Å². The largest absolute Gasteiger partial charge is 0.357 e. The number of nitrogens with zero attached hydrogens (tertiary/aromatic N) is 2. The second-order valence-electron chi connectivity index (χ2n) is 5.84. The predicted octanol–water partition coefficient (Wildman–Crippen LogP) is 3.21. The number of aromatic nitrogens is 1. The minimum absolute atomic E-state index is 0.658. The number of anilines is 1. The molecule has 106 valence electrons. The van der Waals surface area contributed by atoms with Crippen LogP contribution in [0.1, 0.15) is 45.1 Å². The minimum Gasteiger partial charge on any atom is -0.357 e. The van der Waals surface area contributed by atoms with Crippen LogP contribution >= 0.6 is 0 Å². The Labute approximate surface area is 117 Å². The molecule has 2 unspecified atom stereocenters. The number of hydrogen-bond donors (Lipinski definition) is 1. The van der Waals surface area contributed by atoms with Crippen molar-refractivity contribution in [2.45, 2.75) is 52.1 Å². The average Bonchev–Trinajstić information content (AvgIpc) is 2.44. The number of nitrogens with one attached hydrogen (secondary N) is 1. The van der Waals surface area contributed by atoms with E-state index in [1.807, 2.05) is 6.20 Å². The van der Waals surface area contributed by atoms with E-state index in [-0.39, 0.29) is 0 Å². The fraction of sp³-hybridized carbons (Fsp3) is 0.688. The van der Waals surface area contributed by atoms with Crippen molar-refractivity contribution in [2.24, 2.45) is 5.92 Å². The van der Waals surface area contributed by atoms with Crippen LogP contribution in [-0.4, -0.2) is 24.6 Å². The molecular formula is C16H27N3. The van der Waals surface area contributed by atoms with Crippen molar-refractivity contribution in [3.63, 3.8) is 0 Å². The lowest BCUT2D eigenvalue weighted by molar-refractivity contribution is 0.335. The minimum atomic E-state index is 0.658. The average molecular weight is 261 g/mol. The van der Waals surface area contributed by atoms with Crippen molar-refractivity contribution in [2.75, 3.05) is 18.5 Å². The van der Waals surface area contributed by atoms with Crippen molar-refractivity contribution in [3.05, 3.63) is 23.9 Å². The Morgan fingerprint density at radius 1 is 1.42 bits per heavy atom. The highest BCUT2D eigenvalue weighted by molar-refractivity contribution is 5.41. The Balaban J connectivity index is 2.03. The molecule has 1 heterocycles. The Bertz CT molecular complexity index is 391. The summed E-state index contributed by atoms with van der Waals surface area (Å²) in [6, 6.07) is 4.98. The number of rotatable bonds is 5. The maximum atomic E-state index is 4.55. The van der Waals surface area contributed by atoms with Gasteiger partial charge in [0.2, 0.25) is 0 Å². The zero-order valence-corrected chi connectivity index (χ0v) is 12.5. The van der Waals surface area contributed by atoms with Crippen LogP contribution in [0.2, 0.25) is 0 Å². The summed E-state index contributed by atoms with van der Waals surface area (Å²) < 4.78 is 0. The first kappa shape index (κ1) is 14.3. The molecule has 3 nitrogen and oxygen atoms in total. The lowest BCUT2D eigenvalue weighted by Gasteiger charge is -2.35. The Morgan fingerprint density at radius 3 is 3.00 bits per heavy atom. The summed E-state index contributed by atoms with van der Waals surface area (Å²) in [5.41, 5.74) is 1.32. The fourth-order valence-electron chi connectivity index (χ4n) is 2.97. The van der Waals surface area contributed by atoms with Gasteiger partial charge >= 0.3 is 0 Å². The van der Waals surface area contributed by atoms with Crippen LogP contribution in [0.3, 0.4) is 0 Å². The van der Waals surface area contributed by atoms with Gasteiger partial charge in [-0.05, 0) is 43.0 Å². The van der Waals surface area contributed by atoms with E-state index in [1.54, 1.807) is 0 Å². The zero-order chi connectivity index (χ0) is 13.7. The van der Waals surface area contributed by atoms with Crippen LogP contribution in [0.15, 0.2) is 18.3 Å². The highest BCUT2D eigenvalue weighted by atomic mass is 15.2. The maximum absolute atomic E-state index is 4.55. The SMILES string of the molecule is CCNCc1ccnc(N(C)C2CCCC(C)C2)c1. The molecule has 1 aliphatic carbocycles. The van der Waals surface area contributed by atoms with Gasteiger partial charge in [-0.25, -0.2) is 4.98 Å². The normalized spacial score (nSPS) is 23.3. The monoisotopic (exact) mass is 261 g/mol. The van der Waals surface area contributed by atoms with Crippen molar-refractivity contribution in [1.82, 2.24) is 10.3 Å². The van der Waals surface area contributed by atoms with Gasteiger partial charge in [0.1, 0.15) is 5.82 Å². The molecule has 0 aromatic carbocycles. The molecule has 1 fully saturated rings. The number of pyridine rings is 1. The summed E-state index contributed by atoms with van der Waals surface area (Å²) in [5, 5.41) is 3.37. The van der Waals surface area contributed by atoms with Gasteiger partial charge in [0, 0.05) is 25.8 Å². The van der Waals surface area contributed by atoms with E-state index < -0.39 is 0 Å². The van der Waals surface area contributed by atoms with Gasteiger partial charge in [0.05, 0.1) is 0 Å². The quantitative estimate of drug-likeness (QED) is 0.882. The van der Waals surface area contributed by atoms with Gasteiger partial charge < -0.3 is 10.2 Å². The Hall–Kier alpha value is -1.09. The standard InChI is InChI=1S/C16H27N3/c1-4-17-12-14-8-9-18-16(11-14)19(3)15-7-5-6-13(2)10-15/h8-9,11,13,15,17H,4-7,10,12H2,1-3H3. The van der Waals surface area contributed by atoms with Crippen LogP contribution < -0.4 is 10.2 Å². The molecule has 0 spiro atoms. The third kappa shape index (κ3) is 3.93. The van der Waals surface area contributed by atoms with Gasteiger partial charge in [0.25, 0.3) is 0 Å². The van der Waals surface area contributed by atoms with Crippen LogP contribution in [0.25, 0.3) is 0 Å². The smallest absolute Gasteiger partial charge is 0.128 e. The van der Waals surface area contributed by atoms with E-state index in [1.165, 1.54) is 31.2 Å². The predicted molar refractivity (Wildman–Crippen MR) is 81.4 cm³/mol. The summed E-state index contributed by atoms with van der Waals surface area (Å²) in [7, 11) is 2.20. The van der Waals surface area contributed by atoms with Crippen LogP contribution in [0.5, 0.6) is 0 Å². The van der Waals surface area contributed by atoms with Crippen molar-refractivity contribution in [3.8, 4) is 0 Å². The third-order valence-corrected chi connectivity index (χ3v) is 4.21. The molecule has 0 amide bonds. The summed E-state index contributed by atoms with van der Waals surface area (Å²) in [6.07, 6.45) is 7.28. The molecular weight excluding hydrogens is 234 g/mol. The highest BCUT2D eigenvalue weighted by Gasteiger charge is 2.23. The van der Waals surface area contributed by atoms with E-state index in [2.05, 4.69) is 48.2 Å². The molecule has 2 atom stereocenters. The molecule has 1 N–H and O–H groups in total. The van der Waals surface area contributed by atoms with Crippen molar-refractivity contribution >= 4 is 5.82 Å². The van der Waals surface area contributed by atoms with Gasteiger partial charge in [-0.3, -0.25) is 0 Å². The first-order chi connectivity index (χ1) is 9.20. The van der Waals surface area contributed by atoms with Crippen LogP contribution in [0, 0.1) is 5.92 Å². The molecule has 0 aliphatic heterocycles. The molecule has 0 bridgehead atoms. The molecule has 1 saturated carbocycles. The molecule has 1 aromatic heterocycles. The van der Waals surface area contributed by atoms with E-state index in [4.69, 9.17) is 0 Å². The van der Waals surface area contributed by atoms with E-state index in [9.17, 15) is 0 Å². The van der Waals surface area contributed by atoms with E-state index >= 15 is 0 Å². The second kappa shape index (κ2) is 6.90. The zero-order valence-electron chi connectivity index (χ0n) is 12.5. The van der Waals surface area contributed by atoms with Gasteiger partial charge in [-0.2, -0.15) is 0 Å². The molecule has 2 rings (SSSR count). The lowest BCUT2D eigenvalue weighted by atomic mass is 9.86. The van der Waals surface area contributed by atoms with Crippen molar-refractivity contribution < 1.29 is 0 Å². The fourth-order valence-corrected chi connectivity index (χ4v) is 2.97. The van der Waals surface area contributed by atoms with E-state index in [0.717, 1.165) is 24.8 Å². The van der Waals surface area contributed by atoms with Crippen molar-refractivity contribution in [1.29, 1.82) is 0 Å². The van der Waals surface area contributed by atoms with Gasteiger partial charge in [-0.1, -0.05) is 26.7 Å². The maximum Gasteiger partial charge on any atom is 0.128 e. The summed E-state index contributed by atoms with van der Waals surface area (Å²) in [6.45, 7) is 6.45. The topological polar surface area (TPSA) is 28.2 Å². The molecule has 1 aliphatic rings. The lowest BCUT2D eigenvalue weighted by Crippen LogP contribution is -2.36. The molecule has 19 heavy (non-hydrogen) atoms. The molecule has 0 radical (unpaired) electrons. The highest BCUT2D eigenvalue weighted by Crippen LogP contribution is 2.28. The summed E-state index contributed by atoms with van der Waals surface area (Å²) in [4.78, 5) is 6.93. The second-order valence-corrected chi connectivity index (χ2v) is 5.84. The van der Waals surface area contributed by atoms with Gasteiger partial charge in [0.15, 0.2) is 0 Å². The summed E-state index contributed by atoms with van der Waals surface area (Å²) >= 11 is 0. The first-order valence-corrected chi connectivity index (χ1v) is 7.59. The summed E-state index contributed by atoms with van der Waals surface area (Å²) in [5.74, 6) is 1.97.